The summed E-state index contributed by atoms with van der Waals surface area (Å²) in [5.74, 6) is 0.327. The highest BCUT2D eigenvalue weighted by atomic mass is 35.5. The van der Waals surface area contributed by atoms with Gasteiger partial charge >= 0.3 is 0 Å². The fourth-order valence-corrected chi connectivity index (χ4v) is 5.32. The second-order valence-electron chi connectivity index (χ2n) is 8.37. The van der Waals surface area contributed by atoms with Gasteiger partial charge in [0.05, 0.1) is 22.8 Å². The molecule has 0 aliphatic carbocycles. The van der Waals surface area contributed by atoms with Crippen molar-refractivity contribution < 1.29 is 30.9 Å². The highest BCUT2D eigenvalue weighted by Crippen LogP contribution is 2.28. The van der Waals surface area contributed by atoms with Crippen molar-refractivity contribution in [2.75, 3.05) is 5.32 Å². The number of nitrogens with zero attached hydrogens (tertiary/aromatic N) is 6. The molecule has 0 fully saturated rings. The molecule has 43 heavy (non-hydrogen) atoms. The fraction of sp³-hybridized carbons (Fsp3) is 0.0417. The minimum atomic E-state index is -4.87. The molecule has 1 heterocycles. The molecule has 0 aliphatic rings. The molecule has 1 aromatic heterocycles. The van der Waals surface area contributed by atoms with Gasteiger partial charge in [0, 0.05) is 17.8 Å². The summed E-state index contributed by atoms with van der Waals surface area (Å²) in [7, 11) is -9.66. The van der Waals surface area contributed by atoms with E-state index in [4.69, 9.17) is 23.2 Å². The maximum absolute atomic E-state index is 12.1. The van der Waals surface area contributed by atoms with Crippen LogP contribution in [-0.4, -0.2) is 45.8 Å². The van der Waals surface area contributed by atoms with E-state index in [1.165, 1.54) is 12.1 Å². The van der Waals surface area contributed by atoms with Gasteiger partial charge in [0.1, 0.15) is 9.79 Å². The first-order chi connectivity index (χ1) is 20.2. The summed E-state index contributed by atoms with van der Waals surface area (Å²) in [5.41, 5.74) is 0.324. The molecule has 0 amide bonds. The Hall–Kier alpha value is -4.39. The summed E-state index contributed by atoms with van der Waals surface area (Å²) in [5, 5.41) is 22.0. The molecule has 0 unspecified atom stereocenters. The van der Waals surface area contributed by atoms with E-state index in [1.54, 1.807) is 24.3 Å². The molecule has 4 aromatic rings. The van der Waals surface area contributed by atoms with Gasteiger partial charge in [-0.15, -0.1) is 0 Å². The summed E-state index contributed by atoms with van der Waals surface area (Å²) in [6, 6.07) is 13.1. The smallest absolute Gasteiger partial charge is 0.295 e. The number of nitro benzene ring substituents is 1. The summed E-state index contributed by atoms with van der Waals surface area (Å²) in [6.45, 7) is 0.212. The predicted molar refractivity (Wildman–Crippen MR) is 156 cm³/mol. The van der Waals surface area contributed by atoms with E-state index in [0.717, 1.165) is 30.4 Å². The SMILES string of the molecule is O=[N+]([O-])c1ccc(C=Cc2ccc(N=Nc3ccc(NCc4nc(Cl)nc(Cl)n4)cc3)cc2S(=O)(=O)O)c(S(=O)(=O)O)c1. The first-order valence-corrected chi connectivity index (χ1v) is 15.2. The minimum Gasteiger partial charge on any atom is -0.378 e. The molecule has 19 heteroatoms. The molecule has 3 aromatic carbocycles. The normalized spacial score (nSPS) is 12.2. The molecule has 222 valence electrons. The number of azo groups is 1. The standard InChI is InChI=1S/C24H17Cl2N7O8S2/c25-23-28-22(29-24(26)30-23)13-27-16-6-8-17(9-7-16)31-32-18-5-3-14(20(11-18)42(36,37)38)1-2-15-4-10-19(33(34)35)12-21(15)43(39,40)41/h1-12,27H,13H2,(H,36,37,38)(H,39,40,41). The van der Waals surface area contributed by atoms with E-state index in [0.29, 0.717) is 23.3 Å². The molecule has 15 nitrogen and oxygen atoms in total. The van der Waals surface area contributed by atoms with Crippen LogP contribution in [0.1, 0.15) is 17.0 Å². The van der Waals surface area contributed by atoms with Crippen molar-refractivity contribution >= 4 is 78.3 Å². The zero-order valence-electron chi connectivity index (χ0n) is 21.2. The Morgan fingerprint density at radius 3 is 1.86 bits per heavy atom. The molecular weight excluding hydrogens is 649 g/mol. The second kappa shape index (κ2) is 12.9. The molecule has 0 radical (unpaired) electrons. The summed E-state index contributed by atoms with van der Waals surface area (Å²) in [4.78, 5) is 20.4. The van der Waals surface area contributed by atoms with E-state index in [9.17, 15) is 36.1 Å². The van der Waals surface area contributed by atoms with E-state index in [2.05, 4.69) is 30.5 Å². The van der Waals surface area contributed by atoms with Gasteiger partial charge in [-0.1, -0.05) is 18.2 Å². The monoisotopic (exact) mass is 665 g/mol. The molecular formula is C24H17Cl2N7O8S2. The van der Waals surface area contributed by atoms with Crippen molar-refractivity contribution in [1.29, 1.82) is 0 Å². The first kappa shape index (κ1) is 31.5. The number of halogens is 2. The van der Waals surface area contributed by atoms with Gasteiger partial charge in [0.25, 0.3) is 25.9 Å². The molecule has 0 spiro atoms. The Balaban J connectivity index is 1.54. The number of anilines is 1. The van der Waals surface area contributed by atoms with Crippen LogP contribution >= 0.6 is 23.2 Å². The average molecular weight is 666 g/mol. The van der Waals surface area contributed by atoms with Crippen molar-refractivity contribution in [3.05, 3.63) is 98.3 Å². The molecule has 0 saturated heterocycles. The van der Waals surface area contributed by atoms with Gasteiger partial charge in [-0.25, -0.2) is 9.97 Å². The zero-order valence-corrected chi connectivity index (χ0v) is 24.4. The lowest BCUT2D eigenvalue weighted by Crippen LogP contribution is -2.05. The Bertz CT molecular complexity index is 1970. The summed E-state index contributed by atoms with van der Waals surface area (Å²) in [6.07, 6.45) is 2.25. The van der Waals surface area contributed by atoms with E-state index < -0.39 is 40.6 Å². The van der Waals surface area contributed by atoms with Crippen molar-refractivity contribution in [3.8, 4) is 0 Å². The third-order valence-electron chi connectivity index (χ3n) is 5.43. The Labute approximate surface area is 253 Å². The molecule has 0 atom stereocenters. The van der Waals surface area contributed by atoms with Gasteiger partial charge in [-0.05, 0) is 76.8 Å². The quantitative estimate of drug-likeness (QED) is 0.0602. The lowest BCUT2D eigenvalue weighted by Gasteiger charge is -2.06. The summed E-state index contributed by atoms with van der Waals surface area (Å²) < 4.78 is 66.9. The van der Waals surface area contributed by atoms with Crippen LogP contribution in [0.25, 0.3) is 12.2 Å². The van der Waals surface area contributed by atoms with Crippen LogP contribution in [-0.2, 0) is 26.8 Å². The number of nitro groups is 1. The van der Waals surface area contributed by atoms with Crippen LogP contribution in [0.3, 0.4) is 0 Å². The van der Waals surface area contributed by atoms with Crippen molar-refractivity contribution in [1.82, 2.24) is 15.0 Å². The number of non-ortho nitro benzene ring substituents is 1. The topological polar surface area (TPSA) is 227 Å². The van der Waals surface area contributed by atoms with Crippen LogP contribution in [0.2, 0.25) is 10.6 Å². The van der Waals surface area contributed by atoms with Gasteiger partial charge in [0.15, 0.2) is 5.82 Å². The van der Waals surface area contributed by atoms with Gasteiger partial charge in [-0.3, -0.25) is 19.2 Å². The Morgan fingerprint density at radius 2 is 1.30 bits per heavy atom. The van der Waals surface area contributed by atoms with Gasteiger partial charge < -0.3 is 5.32 Å². The van der Waals surface area contributed by atoms with Crippen LogP contribution in [0, 0.1) is 10.1 Å². The van der Waals surface area contributed by atoms with E-state index in [1.807, 2.05) is 0 Å². The number of aromatic nitrogens is 3. The number of benzene rings is 3. The second-order valence-corrected chi connectivity index (χ2v) is 11.8. The number of hydrogen-bond acceptors (Lipinski definition) is 12. The van der Waals surface area contributed by atoms with E-state index in [-0.39, 0.29) is 33.9 Å². The lowest BCUT2D eigenvalue weighted by molar-refractivity contribution is -0.385. The molecule has 0 bridgehead atoms. The van der Waals surface area contributed by atoms with Crippen LogP contribution < -0.4 is 5.32 Å². The molecule has 0 saturated carbocycles. The third kappa shape index (κ3) is 8.57. The van der Waals surface area contributed by atoms with Crippen molar-refractivity contribution in [3.63, 3.8) is 0 Å². The maximum atomic E-state index is 12.1. The van der Waals surface area contributed by atoms with E-state index >= 15 is 0 Å². The summed E-state index contributed by atoms with van der Waals surface area (Å²) >= 11 is 11.5. The Morgan fingerprint density at radius 1 is 0.791 bits per heavy atom. The van der Waals surface area contributed by atoms with Gasteiger partial charge in [0.2, 0.25) is 10.6 Å². The lowest BCUT2D eigenvalue weighted by atomic mass is 10.1. The Kier molecular flexibility index (Phi) is 9.43. The fourth-order valence-electron chi connectivity index (χ4n) is 3.51. The number of rotatable bonds is 10. The number of hydrogen-bond donors (Lipinski definition) is 3. The molecule has 3 N–H and O–H groups in total. The maximum Gasteiger partial charge on any atom is 0.295 e. The average Bonchev–Trinajstić information content (AvgIpc) is 2.93. The van der Waals surface area contributed by atoms with Crippen LogP contribution in [0.5, 0.6) is 0 Å². The van der Waals surface area contributed by atoms with Crippen molar-refractivity contribution in [2.45, 2.75) is 16.3 Å². The van der Waals surface area contributed by atoms with Crippen LogP contribution in [0.4, 0.5) is 22.7 Å². The highest BCUT2D eigenvalue weighted by Gasteiger charge is 2.20. The number of nitrogens with one attached hydrogen (secondary N) is 1. The molecule has 4 rings (SSSR count). The van der Waals surface area contributed by atoms with Crippen LogP contribution in [0.15, 0.2) is 80.7 Å². The largest absolute Gasteiger partial charge is 0.378 e. The minimum absolute atomic E-state index is 0.0375. The van der Waals surface area contributed by atoms with Crippen molar-refractivity contribution in [2.24, 2.45) is 10.2 Å². The zero-order chi connectivity index (χ0) is 31.4. The highest BCUT2D eigenvalue weighted by molar-refractivity contribution is 7.86. The molecule has 0 aliphatic heterocycles. The predicted octanol–water partition coefficient (Wildman–Crippen LogP) is 5.78. The van der Waals surface area contributed by atoms with Gasteiger partial charge in [-0.2, -0.15) is 32.0 Å². The first-order valence-electron chi connectivity index (χ1n) is 11.6. The third-order valence-corrected chi connectivity index (χ3v) is 7.59.